The Labute approximate surface area is 470 Å². The van der Waals surface area contributed by atoms with Crippen LogP contribution >= 0.6 is 0 Å². The molecule has 0 aliphatic heterocycles. The molecule has 0 amide bonds. The quantitative estimate of drug-likeness (QED) is 0.142. The summed E-state index contributed by atoms with van der Waals surface area (Å²) in [7, 11) is 0. The van der Waals surface area contributed by atoms with Crippen LogP contribution in [-0.2, 0) is 12.4 Å². The molecule has 398 valence electrons. The summed E-state index contributed by atoms with van der Waals surface area (Å²) < 4.78 is 97.1. The van der Waals surface area contributed by atoms with E-state index in [2.05, 4.69) is 69.8 Å². The van der Waals surface area contributed by atoms with E-state index in [1.54, 1.807) is 12.1 Å². The fourth-order valence-electron chi connectivity index (χ4n) is 12.2. The van der Waals surface area contributed by atoms with Gasteiger partial charge in [-0.15, -0.1) is 0 Å². The van der Waals surface area contributed by atoms with Gasteiger partial charge in [0, 0.05) is 71.5 Å². The number of hydrogen-bond donors (Lipinski definition) is 0. The van der Waals surface area contributed by atoms with Gasteiger partial charge in [0.1, 0.15) is 0 Å². The van der Waals surface area contributed by atoms with Crippen molar-refractivity contribution in [3.05, 3.63) is 272 Å². The van der Waals surface area contributed by atoms with Gasteiger partial charge in [0.25, 0.3) is 0 Å². The summed E-state index contributed by atoms with van der Waals surface area (Å²) in [4.78, 5) is 10.2. The molecule has 11 heteroatoms. The van der Waals surface area contributed by atoms with Gasteiger partial charge in [-0.25, -0.2) is 9.97 Å². The van der Waals surface area contributed by atoms with Gasteiger partial charge in [0.15, 0.2) is 5.82 Å². The standard InChI is InChI=1S/C72H43F6N5/c73-71(74,75)49-23-15-21-46(37-49)57-39-48(62-43-61(44-17-3-1-4-18-44)79-70(80-62)45-19-5-2-6-20-45)40-58(47-22-16-24-50(38-47)72(76,77)78)69(57)83-67-35-33-51(81-63-29-11-7-25-53(63)54-26-8-12-30-64(54)81)41-59(67)60-42-52(34-36-68(60)83)82-65-31-13-9-27-55(65)56-28-10-14-32-66(56)82/h1-43H. The van der Waals surface area contributed by atoms with Crippen LogP contribution in [0.3, 0.4) is 0 Å². The summed E-state index contributed by atoms with van der Waals surface area (Å²) in [6.07, 6.45) is -9.47. The Balaban J connectivity index is 1.09. The monoisotopic (exact) mass is 1090 g/mol. The first-order valence-electron chi connectivity index (χ1n) is 27.0. The van der Waals surface area contributed by atoms with Crippen LogP contribution in [0.15, 0.2) is 261 Å². The molecule has 0 aliphatic rings. The Kier molecular flexibility index (Phi) is 11.4. The van der Waals surface area contributed by atoms with E-state index in [1.807, 2.05) is 156 Å². The Morgan fingerprint density at radius 2 is 0.627 bits per heavy atom. The van der Waals surface area contributed by atoms with Gasteiger partial charge in [-0.2, -0.15) is 26.3 Å². The number of rotatable bonds is 8. The molecular formula is C72H43F6N5. The fourth-order valence-corrected chi connectivity index (χ4v) is 12.2. The van der Waals surface area contributed by atoms with E-state index in [4.69, 9.17) is 9.97 Å². The molecule has 0 radical (unpaired) electrons. The average molecular weight is 1090 g/mol. The minimum atomic E-state index is -4.74. The molecule has 15 aromatic rings. The summed E-state index contributed by atoms with van der Waals surface area (Å²) in [6, 6.07) is 80.0. The number of fused-ring (bicyclic) bond motifs is 9. The number of benzene rings is 11. The molecule has 83 heavy (non-hydrogen) atoms. The van der Waals surface area contributed by atoms with Crippen molar-refractivity contribution >= 4 is 65.4 Å². The molecule has 11 aromatic carbocycles. The summed E-state index contributed by atoms with van der Waals surface area (Å²) in [6.45, 7) is 0. The lowest BCUT2D eigenvalue weighted by Crippen LogP contribution is -2.07. The highest BCUT2D eigenvalue weighted by Gasteiger charge is 2.33. The zero-order valence-electron chi connectivity index (χ0n) is 43.8. The van der Waals surface area contributed by atoms with E-state index in [1.165, 1.54) is 12.1 Å². The van der Waals surface area contributed by atoms with Gasteiger partial charge in [0.2, 0.25) is 0 Å². The summed E-state index contributed by atoms with van der Waals surface area (Å²) in [5.74, 6) is 0.382. The maximum Gasteiger partial charge on any atom is 0.416 e. The first-order chi connectivity index (χ1) is 40.4. The largest absolute Gasteiger partial charge is 0.416 e. The number of hydrogen-bond acceptors (Lipinski definition) is 2. The lowest BCUT2D eigenvalue weighted by molar-refractivity contribution is -0.138. The van der Waals surface area contributed by atoms with Crippen LogP contribution in [0, 0.1) is 0 Å². The summed E-state index contributed by atoms with van der Waals surface area (Å²) >= 11 is 0. The average Bonchev–Trinajstić information content (AvgIpc) is 2.28. The van der Waals surface area contributed by atoms with Crippen LogP contribution in [-0.4, -0.2) is 23.7 Å². The maximum absolute atomic E-state index is 15.1. The molecule has 0 aliphatic carbocycles. The molecule has 0 atom stereocenters. The molecule has 0 saturated heterocycles. The van der Waals surface area contributed by atoms with Crippen molar-refractivity contribution in [1.82, 2.24) is 23.7 Å². The Hall–Kier alpha value is -10.5. The highest BCUT2D eigenvalue weighted by Crippen LogP contribution is 2.48. The topological polar surface area (TPSA) is 40.6 Å². The van der Waals surface area contributed by atoms with Crippen molar-refractivity contribution in [2.45, 2.75) is 12.4 Å². The van der Waals surface area contributed by atoms with Crippen molar-refractivity contribution in [2.75, 3.05) is 0 Å². The molecule has 0 N–H and O–H groups in total. The van der Waals surface area contributed by atoms with Gasteiger partial charge in [0.05, 0.1) is 61.3 Å². The van der Waals surface area contributed by atoms with E-state index >= 15 is 26.3 Å². The van der Waals surface area contributed by atoms with Gasteiger partial charge >= 0.3 is 12.4 Å². The predicted octanol–water partition coefficient (Wildman–Crippen LogP) is 20.1. The highest BCUT2D eigenvalue weighted by atomic mass is 19.4. The van der Waals surface area contributed by atoms with Gasteiger partial charge in [-0.3, -0.25) is 0 Å². The van der Waals surface area contributed by atoms with Crippen molar-refractivity contribution in [3.8, 4) is 73.2 Å². The lowest BCUT2D eigenvalue weighted by Gasteiger charge is -2.22. The van der Waals surface area contributed by atoms with Crippen molar-refractivity contribution in [1.29, 1.82) is 0 Å². The van der Waals surface area contributed by atoms with E-state index in [0.717, 1.165) is 95.6 Å². The predicted molar refractivity (Wildman–Crippen MR) is 322 cm³/mol. The SMILES string of the molecule is FC(F)(F)c1cccc(-c2cc(-c3cc(-c4ccccc4)nc(-c4ccccc4)n3)cc(-c3cccc(C(F)(F)F)c3)c2-n2c3ccc(-n4c5ccccc5c5ccccc54)cc3c3cc(-n4c5ccccc5c5ccccc54)ccc32)c1. The fraction of sp³-hybridized carbons (Fsp3) is 0.0278. The molecule has 0 bridgehead atoms. The second-order valence-corrected chi connectivity index (χ2v) is 20.7. The molecule has 15 rings (SSSR count). The van der Waals surface area contributed by atoms with Gasteiger partial charge < -0.3 is 13.7 Å². The third-order valence-electron chi connectivity index (χ3n) is 15.9. The second kappa shape index (κ2) is 19.1. The third kappa shape index (κ3) is 8.33. The first kappa shape index (κ1) is 49.5. The number of alkyl halides is 6. The van der Waals surface area contributed by atoms with Crippen LogP contribution in [0.25, 0.3) is 139 Å². The summed E-state index contributed by atoms with van der Waals surface area (Å²) in [5, 5.41) is 5.90. The molecule has 5 nitrogen and oxygen atoms in total. The Morgan fingerprint density at radius 1 is 0.265 bits per heavy atom. The maximum atomic E-state index is 15.1. The normalized spacial score (nSPS) is 12.2. The van der Waals surface area contributed by atoms with Crippen molar-refractivity contribution in [3.63, 3.8) is 0 Å². The van der Waals surface area contributed by atoms with Crippen molar-refractivity contribution in [2.24, 2.45) is 0 Å². The van der Waals surface area contributed by atoms with Crippen LogP contribution < -0.4 is 0 Å². The number of para-hydroxylation sites is 4. The zero-order valence-corrected chi connectivity index (χ0v) is 43.8. The number of nitrogens with zero attached hydrogens (tertiary/aromatic N) is 5. The Morgan fingerprint density at radius 3 is 1.05 bits per heavy atom. The second-order valence-electron chi connectivity index (χ2n) is 20.7. The minimum Gasteiger partial charge on any atom is -0.309 e. The molecule has 4 aromatic heterocycles. The van der Waals surface area contributed by atoms with Crippen LogP contribution in [0.1, 0.15) is 11.1 Å². The Bertz CT molecular complexity index is 4660. The lowest BCUT2D eigenvalue weighted by atomic mass is 9.90. The molecular weight excluding hydrogens is 1050 g/mol. The number of aromatic nitrogens is 5. The van der Waals surface area contributed by atoms with Gasteiger partial charge in [-0.1, -0.05) is 158 Å². The molecule has 4 heterocycles. The zero-order chi connectivity index (χ0) is 56.1. The van der Waals surface area contributed by atoms with E-state index in [9.17, 15) is 0 Å². The van der Waals surface area contributed by atoms with E-state index < -0.39 is 23.5 Å². The minimum absolute atomic E-state index is 0.185. The highest BCUT2D eigenvalue weighted by molar-refractivity contribution is 6.15. The van der Waals surface area contributed by atoms with Crippen LogP contribution in [0.2, 0.25) is 0 Å². The van der Waals surface area contributed by atoms with Gasteiger partial charge in [-0.05, 0) is 114 Å². The molecule has 0 spiro atoms. The molecule has 0 unspecified atom stereocenters. The first-order valence-corrected chi connectivity index (χ1v) is 27.0. The molecule has 0 saturated carbocycles. The summed E-state index contributed by atoms with van der Waals surface area (Å²) in [5.41, 5.74) is 9.52. The molecule has 0 fully saturated rings. The smallest absolute Gasteiger partial charge is 0.309 e. The van der Waals surface area contributed by atoms with Crippen LogP contribution in [0.5, 0.6) is 0 Å². The third-order valence-corrected chi connectivity index (χ3v) is 15.9. The van der Waals surface area contributed by atoms with E-state index in [-0.39, 0.29) is 11.1 Å². The number of halogens is 6. The van der Waals surface area contributed by atoms with E-state index in [0.29, 0.717) is 56.2 Å². The van der Waals surface area contributed by atoms with Crippen molar-refractivity contribution < 1.29 is 26.3 Å². The van der Waals surface area contributed by atoms with Crippen LogP contribution in [0.4, 0.5) is 26.3 Å².